The maximum Gasteiger partial charge on any atom is 0.334 e. The first-order valence-electron chi connectivity index (χ1n) is 3.60. The molecule has 86 valence electrons. The van der Waals surface area contributed by atoms with Gasteiger partial charge in [0.1, 0.15) is 0 Å². The molecule has 0 bridgehead atoms. The van der Waals surface area contributed by atoms with Gasteiger partial charge >= 0.3 is 5.97 Å². The summed E-state index contributed by atoms with van der Waals surface area (Å²) in [6, 6.07) is -0.400. The predicted octanol–water partition coefficient (Wildman–Crippen LogP) is -1.46. The van der Waals surface area contributed by atoms with E-state index in [0.717, 1.165) is 0 Å². The van der Waals surface area contributed by atoms with E-state index in [1.807, 2.05) is 0 Å². The lowest BCUT2D eigenvalue weighted by molar-refractivity contribution is -0.147. The third-order valence-electron chi connectivity index (χ3n) is 1.18. The van der Waals surface area contributed by atoms with Crippen LogP contribution in [0.3, 0.4) is 0 Å². The lowest BCUT2D eigenvalue weighted by Gasteiger charge is -2.12. The van der Waals surface area contributed by atoms with E-state index >= 15 is 0 Å². The van der Waals surface area contributed by atoms with Gasteiger partial charge in [0.05, 0.1) is 6.26 Å². The van der Waals surface area contributed by atoms with Crippen LogP contribution in [0.25, 0.3) is 0 Å². The van der Waals surface area contributed by atoms with Crippen molar-refractivity contribution in [2.45, 2.75) is 19.1 Å². The molecule has 0 amide bonds. The number of carboxylic acids is 1. The Morgan fingerprint density at radius 2 is 1.71 bits per heavy atom. The largest absolute Gasteiger partial charge is 0.479 e. The van der Waals surface area contributed by atoms with E-state index in [2.05, 4.69) is 5.32 Å². The topological polar surface area (TPSA) is 124 Å². The summed E-state index contributed by atoms with van der Waals surface area (Å²) in [5.41, 5.74) is 0. The summed E-state index contributed by atoms with van der Waals surface area (Å²) in [6.07, 6.45) is -0.595. The third kappa shape index (κ3) is 13.9. The number of aliphatic carboxylic acids is 1. The van der Waals surface area contributed by atoms with E-state index in [0.29, 0.717) is 6.26 Å². The Kier molecular flexibility index (Phi) is 7.55. The van der Waals surface area contributed by atoms with Gasteiger partial charge in [-0.2, -0.15) is 8.42 Å². The fourth-order valence-electron chi connectivity index (χ4n) is 0.372. The van der Waals surface area contributed by atoms with Crippen LogP contribution in [0, 0.1) is 0 Å². The van der Waals surface area contributed by atoms with Crippen LogP contribution in [-0.2, 0) is 14.9 Å². The summed E-state index contributed by atoms with van der Waals surface area (Å²) in [4.78, 5) is 10.0. The number of carboxylic acid groups (broad SMARTS) is 1. The van der Waals surface area contributed by atoms with Gasteiger partial charge in [0.15, 0.2) is 6.10 Å². The summed E-state index contributed by atoms with van der Waals surface area (Å²) >= 11 is 0. The highest BCUT2D eigenvalue weighted by atomic mass is 32.2. The third-order valence-corrected chi connectivity index (χ3v) is 1.18. The van der Waals surface area contributed by atoms with Crippen molar-refractivity contribution in [3.63, 3.8) is 0 Å². The number of nitrogens with one attached hydrogen (secondary N) is 1. The van der Waals surface area contributed by atoms with Gasteiger partial charge < -0.3 is 15.5 Å². The van der Waals surface area contributed by atoms with Crippen molar-refractivity contribution in [1.82, 2.24) is 5.32 Å². The summed E-state index contributed by atoms with van der Waals surface area (Å²) in [7, 11) is -2.07. The molecule has 0 aromatic rings. The second-order valence-corrected chi connectivity index (χ2v) is 4.06. The molecule has 0 aromatic heterocycles. The van der Waals surface area contributed by atoms with Gasteiger partial charge in [-0.1, -0.05) is 0 Å². The van der Waals surface area contributed by atoms with Gasteiger partial charge in [-0.15, -0.1) is 0 Å². The highest BCUT2D eigenvalue weighted by Crippen LogP contribution is 1.89. The minimum Gasteiger partial charge on any atom is -0.479 e. The van der Waals surface area contributed by atoms with E-state index in [-0.39, 0.29) is 0 Å². The van der Waals surface area contributed by atoms with E-state index < -0.39 is 28.2 Å². The Balaban J connectivity index is 0. The van der Waals surface area contributed by atoms with Crippen molar-refractivity contribution in [2.75, 3.05) is 13.3 Å². The van der Waals surface area contributed by atoms with Crippen molar-refractivity contribution in [1.29, 1.82) is 0 Å². The van der Waals surface area contributed by atoms with Gasteiger partial charge in [-0.3, -0.25) is 4.55 Å². The molecule has 0 saturated heterocycles. The molecule has 0 unspecified atom stereocenters. The van der Waals surface area contributed by atoms with Crippen LogP contribution in [0.1, 0.15) is 6.92 Å². The van der Waals surface area contributed by atoms with Crippen molar-refractivity contribution in [3.8, 4) is 0 Å². The van der Waals surface area contributed by atoms with E-state index in [1.165, 1.54) is 0 Å². The number of carbonyl (C=O) groups is 1. The summed E-state index contributed by atoms with van der Waals surface area (Å²) in [6.45, 7) is 1.60. The lowest BCUT2D eigenvalue weighted by Crippen LogP contribution is -2.40. The van der Waals surface area contributed by atoms with E-state index in [1.54, 1.807) is 14.0 Å². The molecule has 0 aliphatic carbocycles. The van der Waals surface area contributed by atoms with Gasteiger partial charge in [0.2, 0.25) is 0 Å². The van der Waals surface area contributed by atoms with Crippen LogP contribution in [0.15, 0.2) is 0 Å². The summed E-state index contributed by atoms with van der Waals surface area (Å²) < 4.78 is 25.9. The summed E-state index contributed by atoms with van der Waals surface area (Å²) in [5, 5.41) is 19.5. The first-order chi connectivity index (χ1) is 6.09. The average molecular weight is 229 g/mol. The fourth-order valence-corrected chi connectivity index (χ4v) is 0.372. The highest BCUT2D eigenvalue weighted by molar-refractivity contribution is 7.85. The fraction of sp³-hybridized carbons (Fsp3) is 0.833. The number of rotatable bonds is 3. The van der Waals surface area contributed by atoms with Crippen molar-refractivity contribution < 1.29 is 28.0 Å². The molecule has 0 spiro atoms. The van der Waals surface area contributed by atoms with E-state index in [9.17, 15) is 13.2 Å². The standard InChI is InChI=1S/C5H11NO3.CH4O3S/c1-3(6-2)4(7)5(8)9;1-5(2,3)4/h3-4,6-7H,1-2H3,(H,8,9);1H3,(H,2,3,4)/t3-,4+;/m0./s1. The molecule has 0 aromatic carbocycles. The molecule has 0 saturated carbocycles. The number of hydrogen-bond donors (Lipinski definition) is 4. The molecule has 7 nitrogen and oxygen atoms in total. The normalized spacial score (nSPS) is 14.9. The Morgan fingerprint density at radius 3 is 1.79 bits per heavy atom. The van der Waals surface area contributed by atoms with Crippen LogP contribution >= 0.6 is 0 Å². The Morgan fingerprint density at radius 1 is 1.43 bits per heavy atom. The second kappa shape index (κ2) is 6.71. The Bertz CT molecular complexity index is 253. The smallest absolute Gasteiger partial charge is 0.334 e. The number of aliphatic hydroxyl groups excluding tert-OH is 1. The maximum absolute atomic E-state index is 10.0. The molecule has 0 heterocycles. The quantitative estimate of drug-likeness (QED) is 0.436. The highest BCUT2D eigenvalue weighted by Gasteiger charge is 2.18. The molecule has 0 aliphatic heterocycles. The molecule has 2 atom stereocenters. The van der Waals surface area contributed by atoms with Crippen LogP contribution < -0.4 is 5.32 Å². The molecule has 8 heteroatoms. The molecule has 4 N–H and O–H groups in total. The van der Waals surface area contributed by atoms with Gasteiger partial charge in [-0.05, 0) is 14.0 Å². The van der Waals surface area contributed by atoms with Gasteiger partial charge in [-0.25, -0.2) is 4.79 Å². The number of aliphatic hydroxyl groups is 1. The van der Waals surface area contributed by atoms with Gasteiger partial charge in [0, 0.05) is 6.04 Å². The predicted molar refractivity (Wildman–Crippen MR) is 49.6 cm³/mol. The van der Waals surface area contributed by atoms with Crippen LogP contribution in [0.5, 0.6) is 0 Å². The van der Waals surface area contributed by atoms with Crippen molar-refractivity contribution in [2.24, 2.45) is 0 Å². The second-order valence-electron chi connectivity index (χ2n) is 2.59. The zero-order valence-corrected chi connectivity index (χ0v) is 8.95. The van der Waals surface area contributed by atoms with Crippen molar-refractivity contribution in [3.05, 3.63) is 0 Å². The molecule has 0 rings (SSSR count). The molecular formula is C6H15NO6S. The minimum atomic E-state index is -3.67. The summed E-state index contributed by atoms with van der Waals surface area (Å²) in [5.74, 6) is -1.20. The van der Waals surface area contributed by atoms with Crippen LogP contribution in [0.4, 0.5) is 0 Å². The van der Waals surface area contributed by atoms with Gasteiger partial charge in [0.25, 0.3) is 10.1 Å². The Hall–Kier alpha value is -0.700. The monoisotopic (exact) mass is 229 g/mol. The molecule has 14 heavy (non-hydrogen) atoms. The molecular weight excluding hydrogens is 214 g/mol. The SMILES string of the molecule is CN[C@@H](C)[C@@H](O)C(=O)O.CS(=O)(=O)O. The molecule has 0 fully saturated rings. The Labute approximate surface area is 82.5 Å². The number of likely N-dealkylation sites (N-methyl/N-ethyl adjacent to an activating group) is 1. The molecule has 0 aliphatic rings. The number of hydrogen-bond acceptors (Lipinski definition) is 5. The first kappa shape index (κ1) is 15.8. The van der Waals surface area contributed by atoms with Crippen molar-refractivity contribution >= 4 is 16.1 Å². The van der Waals surface area contributed by atoms with E-state index in [4.69, 9.17) is 14.8 Å². The zero-order chi connectivity index (χ0) is 11.9. The van der Waals surface area contributed by atoms with Crippen LogP contribution in [-0.4, -0.2) is 54.6 Å². The zero-order valence-electron chi connectivity index (χ0n) is 8.13. The molecule has 0 radical (unpaired) electrons. The van der Waals surface area contributed by atoms with Crippen LogP contribution in [0.2, 0.25) is 0 Å². The first-order valence-corrected chi connectivity index (χ1v) is 5.45. The maximum atomic E-state index is 10.0. The minimum absolute atomic E-state index is 0.400. The lowest BCUT2D eigenvalue weighted by atomic mass is 10.2. The average Bonchev–Trinajstić information content (AvgIpc) is 1.98.